The van der Waals surface area contributed by atoms with Crippen molar-refractivity contribution in [1.29, 1.82) is 0 Å². The number of aromatic carboxylic acids is 1. The number of aryl methyl sites for hydroxylation is 2. The molecule has 0 spiro atoms. The predicted molar refractivity (Wildman–Crippen MR) is 51.0 cm³/mol. The Balaban J connectivity index is 2.76. The molecule has 0 atom stereocenters. The minimum Gasteiger partial charge on any atom is -0.478 e. The van der Waals surface area contributed by atoms with E-state index in [1.54, 1.807) is 6.20 Å². The number of hydrogen-bond acceptors (Lipinski definition) is 1. The van der Waals surface area contributed by atoms with Gasteiger partial charge in [0.1, 0.15) is 0 Å². The van der Waals surface area contributed by atoms with Gasteiger partial charge in [0.15, 0.2) is 0 Å². The van der Waals surface area contributed by atoms with Crippen molar-refractivity contribution in [3.05, 3.63) is 23.5 Å². The molecule has 0 aliphatic rings. The first-order valence-electron chi connectivity index (χ1n) is 4.54. The maximum Gasteiger partial charge on any atom is 0.337 e. The highest BCUT2D eigenvalue weighted by molar-refractivity contribution is 5.89. The number of nitrogens with zero attached hydrogens (tertiary/aromatic N) is 1. The zero-order valence-electron chi connectivity index (χ0n) is 8.08. The van der Waals surface area contributed by atoms with Crippen molar-refractivity contribution < 1.29 is 9.90 Å². The van der Waals surface area contributed by atoms with E-state index < -0.39 is 5.97 Å². The van der Waals surface area contributed by atoms with Gasteiger partial charge in [-0.15, -0.1) is 0 Å². The maximum absolute atomic E-state index is 10.7. The van der Waals surface area contributed by atoms with Gasteiger partial charge >= 0.3 is 5.97 Å². The van der Waals surface area contributed by atoms with Crippen LogP contribution in [0.15, 0.2) is 12.4 Å². The second kappa shape index (κ2) is 4.12. The Hall–Kier alpha value is -1.25. The first kappa shape index (κ1) is 9.84. The summed E-state index contributed by atoms with van der Waals surface area (Å²) in [6.45, 7) is 4.85. The summed E-state index contributed by atoms with van der Waals surface area (Å²) in [5.74, 6) is -0.840. The third-order valence-corrected chi connectivity index (χ3v) is 2.08. The van der Waals surface area contributed by atoms with Gasteiger partial charge in [-0.1, -0.05) is 13.3 Å². The molecular formula is C10H15NO2. The van der Waals surface area contributed by atoms with E-state index >= 15 is 0 Å². The van der Waals surface area contributed by atoms with Crippen LogP contribution in [0.2, 0.25) is 0 Å². The number of carboxylic acid groups (broad SMARTS) is 1. The van der Waals surface area contributed by atoms with E-state index in [2.05, 4.69) is 6.92 Å². The molecule has 0 fully saturated rings. The van der Waals surface area contributed by atoms with Crippen LogP contribution in [0.25, 0.3) is 0 Å². The fourth-order valence-corrected chi connectivity index (χ4v) is 1.32. The molecular weight excluding hydrogens is 166 g/mol. The van der Waals surface area contributed by atoms with Crippen molar-refractivity contribution in [2.45, 2.75) is 33.2 Å². The van der Waals surface area contributed by atoms with Crippen molar-refractivity contribution in [2.75, 3.05) is 0 Å². The smallest absolute Gasteiger partial charge is 0.337 e. The zero-order chi connectivity index (χ0) is 9.84. The van der Waals surface area contributed by atoms with Crippen LogP contribution in [0, 0.1) is 6.92 Å². The largest absolute Gasteiger partial charge is 0.478 e. The molecule has 1 rings (SSSR count). The minimum absolute atomic E-state index is 0.413. The van der Waals surface area contributed by atoms with E-state index in [1.165, 1.54) is 0 Å². The van der Waals surface area contributed by atoms with Crippen molar-refractivity contribution in [3.8, 4) is 0 Å². The predicted octanol–water partition coefficient (Wildman–Crippen LogP) is 2.29. The average Bonchev–Trinajstić information content (AvgIpc) is 2.43. The number of rotatable bonds is 4. The molecule has 1 aromatic rings. The van der Waals surface area contributed by atoms with Crippen molar-refractivity contribution in [1.82, 2.24) is 4.57 Å². The van der Waals surface area contributed by atoms with Gasteiger partial charge in [0, 0.05) is 18.9 Å². The quantitative estimate of drug-likeness (QED) is 0.774. The first-order valence-corrected chi connectivity index (χ1v) is 4.54. The van der Waals surface area contributed by atoms with Gasteiger partial charge in [-0.25, -0.2) is 4.79 Å². The number of hydrogen-bond donors (Lipinski definition) is 1. The van der Waals surface area contributed by atoms with Crippen LogP contribution < -0.4 is 0 Å². The van der Waals surface area contributed by atoms with Gasteiger partial charge in [0.2, 0.25) is 0 Å². The number of unbranched alkanes of at least 4 members (excludes halogenated alkanes) is 1. The molecule has 1 aromatic heterocycles. The van der Waals surface area contributed by atoms with Crippen LogP contribution >= 0.6 is 0 Å². The van der Waals surface area contributed by atoms with Gasteiger partial charge in [-0.2, -0.15) is 0 Å². The summed E-state index contributed by atoms with van der Waals surface area (Å²) in [5, 5.41) is 8.79. The molecule has 13 heavy (non-hydrogen) atoms. The van der Waals surface area contributed by atoms with Gasteiger partial charge in [-0.3, -0.25) is 0 Å². The minimum atomic E-state index is -0.840. The lowest BCUT2D eigenvalue weighted by Crippen LogP contribution is -1.96. The molecule has 0 aromatic carbocycles. The molecule has 0 amide bonds. The number of carbonyl (C=O) groups is 1. The second-order valence-electron chi connectivity index (χ2n) is 3.25. The third kappa shape index (κ3) is 2.34. The molecule has 72 valence electrons. The Kier molecular flexibility index (Phi) is 3.12. The molecule has 0 aliphatic heterocycles. The van der Waals surface area contributed by atoms with Gasteiger partial charge in [0.25, 0.3) is 0 Å². The maximum atomic E-state index is 10.7. The standard InChI is InChI=1S/C10H15NO2/c1-3-4-5-11-6-8(2)9(7-11)10(12)13/h6-7H,3-5H2,1-2H3,(H,12,13). The molecule has 0 radical (unpaired) electrons. The van der Waals surface area contributed by atoms with Gasteiger partial charge in [-0.05, 0) is 18.9 Å². The van der Waals surface area contributed by atoms with Crippen LogP contribution in [0.4, 0.5) is 0 Å². The summed E-state index contributed by atoms with van der Waals surface area (Å²) >= 11 is 0. The van der Waals surface area contributed by atoms with E-state index in [9.17, 15) is 4.79 Å². The Morgan fingerprint density at radius 2 is 2.23 bits per heavy atom. The van der Waals surface area contributed by atoms with E-state index in [-0.39, 0.29) is 0 Å². The lowest BCUT2D eigenvalue weighted by atomic mass is 10.2. The van der Waals surface area contributed by atoms with Crippen molar-refractivity contribution in [3.63, 3.8) is 0 Å². The Labute approximate surface area is 78.0 Å². The second-order valence-corrected chi connectivity index (χ2v) is 3.25. The van der Waals surface area contributed by atoms with E-state index in [0.717, 1.165) is 24.9 Å². The Bertz CT molecular complexity index is 302. The summed E-state index contributed by atoms with van der Waals surface area (Å²) in [5.41, 5.74) is 1.25. The molecule has 1 N–H and O–H groups in total. The van der Waals surface area contributed by atoms with Crippen LogP contribution in [0.1, 0.15) is 35.7 Å². The summed E-state index contributed by atoms with van der Waals surface area (Å²) in [6, 6.07) is 0. The fourth-order valence-electron chi connectivity index (χ4n) is 1.32. The van der Waals surface area contributed by atoms with E-state index in [1.807, 2.05) is 17.7 Å². The monoisotopic (exact) mass is 181 g/mol. The molecule has 3 nitrogen and oxygen atoms in total. The molecule has 0 saturated carbocycles. The van der Waals surface area contributed by atoms with E-state index in [0.29, 0.717) is 5.56 Å². The summed E-state index contributed by atoms with van der Waals surface area (Å²) in [7, 11) is 0. The Morgan fingerprint density at radius 1 is 1.54 bits per heavy atom. The highest BCUT2D eigenvalue weighted by Crippen LogP contribution is 2.10. The van der Waals surface area contributed by atoms with Gasteiger partial charge in [0.05, 0.1) is 5.56 Å². The lowest BCUT2D eigenvalue weighted by molar-refractivity contribution is 0.0696. The number of aromatic nitrogens is 1. The van der Waals surface area contributed by atoms with Crippen LogP contribution in [-0.2, 0) is 6.54 Å². The average molecular weight is 181 g/mol. The summed E-state index contributed by atoms with van der Waals surface area (Å²) in [4.78, 5) is 10.7. The Morgan fingerprint density at radius 3 is 2.69 bits per heavy atom. The van der Waals surface area contributed by atoms with Crippen LogP contribution in [0.3, 0.4) is 0 Å². The van der Waals surface area contributed by atoms with E-state index in [4.69, 9.17) is 5.11 Å². The lowest BCUT2D eigenvalue weighted by Gasteiger charge is -1.98. The van der Waals surface area contributed by atoms with Gasteiger partial charge < -0.3 is 9.67 Å². The number of carboxylic acids is 1. The summed E-state index contributed by atoms with van der Waals surface area (Å²) < 4.78 is 1.95. The first-order chi connectivity index (χ1) is 6.15. The fraction of sp³-hybridized carbons (Fsp3) is 0.500. The van der Waals surface area contributed by atoms with Crippen molar-refractivity contribution in [2.24, 2.45) is 0 Å². The normalized spacial score (nSPS) is 10.3. The molecule has 0 aliphatic carbocycles. The molecule has 1 heterocycles. The topological polar surface area (TPSA) is 42.2 Å². The molecule has 0 bridgehead atoms. The zero-order valence-corrected chi connectivity index (χ0v) is 8.08. The van der Waals surface area contributed by atoms with Crippen LogP contribution in [-0.4, -0.2) is 15.6 Å². The molecule has 0 saturated heterocycles. The summed E-state index contributed by atoms with van der Waals surface area (Å²) in [6.07, 6.45) is 5.80. The molecule has 3 heteroatoms. The molecule has 0 unspecified atom stereocenters. The van der Waals surface area contributed by atoms with Crippen molar-refractivity contribution >= 4 is 5.97 Å². The van der Waals surface area contributed by atoms with Crippen LogP contribution in [0.5, 0.6) is 0 Å². The third-order valence-electron chi connectivity index (χ3n) is 2.08. The highest BCUT2D eigenvalue weighted by atomic mass is 16.4. The highest BCUT2D eigenvalue weighted by Gasteiger charge is 2.08. The SMILES string of the molecule is CCCCn1cc(C)c(C(=O)O)c1.